The fraction of sp³-hybridized carbons (Fsp3) is 0.929. The average molecular weight is 226 g/mol. The summed E-state index contributed by atoms with van der Waals surface area (Å²) in [5, 5.41) is 0. The van der Waals surface area contributed by atoms with E-state index in [1.807, 2.05) is 0 Å². The molecule has 0 aromatic carbocycles. The number of rotatable bonds is 6. The molecule has 1 aliphatic rings. The minimum atomic E-state index is -0.169. The summed E-state index contributed by atoms with van der Waals surface area (Å²) in [6.07, 6.45) is 7.80. The third kappa shape index (κ3) is 4.15. The highest BCUT2D eigenvalue weighted by Crippen LogP contribution is 2.38. The first kappa shape index (κ1) is 13.5. The lowest BCUT2D eigenvalue weighted by molar-refractivity contribution is -0.154. The van der Waals surface area contributed by atoms with E-state index >= 15 is 0 Å². The van der Waals surface area contributed by atoms with Crippen molar-refractivity contribution >= 4 is 5.97 Å². The van der Waals surface area contributed by atoms with Gasteiger partial charge in [-0.25, -0.2) is 0 Å². The topological polar surface area (TPSA) is 26.3 Å². The molecule has 0 bridgehead atoms. The molecule has 0 heterocycles. The third-order valence-corrected chi connectivity index (χ3v) is 3.61. The second kappa shape index (κ2) is 6.27. The molecular formula is C14H26O2. The van der Waals surface area contributed by atoms with E-state index in [-0.39, 0.29) is 11.4 Å². The number of hydrogen-bond donors (Lipinski definition) is 0. The molecule has 1 saturated carbocycles. The number of hydrogen-bond acceptors (Lipinski definition) is 2. The van der Waals surface area contributed by atoms with Gasteiger partial charge in [0.25, 0.3) is 0 Å². The first-order valence-corrected chi connectivity index (χ1v) is 6.72. The van der Waals surface area contributed by atoms with Gasteiger partial charge in [-0.3, -0.25) is 4.79 Å². The smallest absolute Gasteiger partial charge is 0.311 e. The maximum atomic E-state index is 11.8. The Morgan fingerprint density at radius 3 is 2.44 bits per heavy atom. The predicted molar refractivity (Wildman–Crippen MR) is 66.2 cm³/mol. The molecule has 0 spiro atoms. The van der Waals surface area contributed by atoms with Crippen molar-refractivity contribution in [1.82, 2.24) is 0 Å². The monoisotopic (exact) mass is 226 g/mol. The van der Waals surface area contributed by atoms with Gasteiger partial charge in [0.05, 0.1) is 12.0 Å². The number of carbonyl (C=O) groups is 1. The van der Waals surface area contributed by atoms with Gasteiger partial charge >= 0.3 is 5.97 Å². The van der Waals surface area contributed by atoms with E-state index in [9.17, 15) is 4.79 Å². The van der Waals surface area contributed by atoms with Gasteiger partial charge < -0.3 is 4.74 Å². The fourth-order valence-corrected chi connectivity index (χ4v) is 2.35. The van der Waals surface area contributed by atoms with Crippen LogP contribution in [0.15, 0.2) is 0 Å². The summed E-state index contributed by atoms with van der Waals surface area (Å²) in [5.41, 5.74) is -0.169. The molecule has 0 unspecified atom stereocenters. The Bertz CT molecular complexity index is 215. The highest BCUT2D eigenvalue weighted by molar-refractivity contribution is 5.76. The zero-order valence-corrected chi connectivity index (χ0v) is 11.1. The summed E-state index contributed by atoms with van der Waals surface area (Å²) in [6.45, 7) is 7.12. The molecular weight excluding hydrogens is 200 g/mol. The lowest BCUT2D eigenvalue weighted by Crippen LogP contribution is -2.26. The molecule has 0 aliphatic heterocycles. The molecule has 0 N–H and O–H groups in total. The second-order valence-corrected chi connectivity index (χ2v) is 5.79. The first-order valence-electron chi connectivity index (χ1n) is 6.72. The van der Waals surface area contributed by atoms with Crippen LogP contribution in [-0.4, -0.2) is 12.6 Å². The Morgan fingerprint density at radius 1 is 1.25 bits per heavy atom. The van der Waals surface area contributed by atoms with Crippen molar-refractivity contribution < 1.29 is 9.53 Å². The first-order chi connectivity index (χ1) is 7.54. The standard InChI is InChI=1S/C14H26O2/c1-12(2)8-4-7-11-16-13(15)14(3)9-5-6-10-14/h12H,4-11H2,1-3H3. The van der Waals surface area contributed by atoms with Crippen molar-refractivity contribution in [3.63, 3.8) is 0 Å². The van der Waals surface area contributed by atoms with E-state index in [2.05, 4.69) is 20.8 Å². The molecule has 0 saturated heterocycles. The summed E-state index contributed by atoms with van der Waals surface area (Å²) in [6, 6.07) is 0. The van der Waals surface area contributed by atoms with Crippen LogP contribution in [-0.2, 0) is 9.53 Å². The van der Waals surface area contributed by atoms with Crippen LogP contribution in [0.2, 0.25) is 0 Å². The van der Waals surface area contributed by atoms with Crippen LogP contribution < -0.4 is 0 Å². The molecule has 0 aromatic heterocycles. The van der Waals surface area contributed by atoms with Crippen LogP contribution in [0, 0.1) is 11.3 Å². The fourth-order valence-electron chi connectivity index (χ4n) is 2.35. The quantitative estimate of drug-likeness (QED) is 0.506. The van der Waals surface area contributed by atoms with Gasteiger partial charge in [0.2, 0.25) is 0 Å². The number of carbonyl (C=O) groups excluding carboxylic acids is 1. The molecule has 2 heteroatoms. The summed E-state index contributed by atoms with van der Waals surface area (Å²) in [4.78, 5) is 11.8. The molecule has 16 heavy (non-hydrogen) atoms. The molecule has 1 fully saturated rings. The minimum absolute atomic E-state index is 0.0366. The van der Waals surface area contributed by atoms with Crippen molar-refractivity contribution in [1.29, 1.82) is 0 Å². The summed E-state index contributed by atoms with van der Waals surface area (Å²) < 4.78 is 5.37. The number of ether oxygens (including phenoxy) is 1. The minimum Gasteiger partial charge on any atom is -0.465 e. The van der Waals surface area contributed by atoms with Gasteiger partial charge in [0.15, 0.2) is 0 Å². The van der Waals surface area contributed by atoms with E-state index in [1.165, 1.54) is 25.7 Å². The molecule has 1 aliphatic carbocycles. The maximum Gasteiger partial charge on any atom is 0.311 e. The Labute approximate surface area is 99.8 Å². The highest BCUT2D eigenvalue weighted by Gasteiger charge is 2.37. The summed E-state index contributed by atoms with van der Waals surface area (Å²) >= 11 is 0. The van der Waals surface area contributed by atoms with E-state index in [4.69, 9.17) is 4.74 Å². The van der Waals surface area contributed by atoms with Crippen molar-refractivity contribution in [2.45, 2.75) is 65.7 Å². The summed E-state index contributed by atoms with van der Waals surface area (Å²) in [5.74, 6) is 0.789. The Balaban J connectivity index is 2.10. The number of unbranched alkanes of at least 4 members (excludes halogenated alkanes) is 1. The zero-order valence-electron chi connectivity index (χ0n) is 11.1. The highest BCUT2D eigenvalue weighted by atomic mass is 16.5. The average Bonchev–Trinajstić information content (AvgIpc) is 2.65. The molecule has 1 rings (SSSR count). The van der Waals surface area contributed by atoms with Crippen molar-refractivity contribution in [3.8, 4) is 0 Å². The van der Waals surface area contributed by atoms with Crippen LogP contribution in [0.1, 0.15) is 65.7 Å². The van der Waals surface area contributed by atoms with Gasteiger partial charge in [-0.05, 0) is 38.5 Å². The van der Waals surface area contributed by atoms with Gasteiger partial charge in [-0.2, -0.15) is 0 Å². The molecule has 0 atom stereocenters. The van der Waals surface area contributed by atoms with Crippen LogP contribution >= 0.6 is 0 Å². The van der Waals surface area contributed by atoms with Gasteiger partial charge in [0.1, 0.15) is 0 Å². The van der Waals surface area contributed by atoms with E-state index in [1.54, 1.807) is 0 Å². The molecule has 0 amide bonds. The van der Waals surface area contributed by atoms with Gasteiger partial charge in [0, 0.05) is 0 Å². The lowest BCUT2D eigenvalue weighted by Gasteiger charge is -2.21. The summed E-state index contributed by atoms with van der Waals surface area (Å²) in [7, 11) is 0. The Morgan fingerprint density at radius 2 is 1.88 bits per heavy atom. The van der Waals surface area contributed by atoms with Crippen molar-refractivity contribution in [2.75, 3.05) is 6.61 Å². The van der Waals surface area contributed by atoms with E-state index < -0.39 is 0 Å². The van der Waals surface area contributed by atoms with E-state index in [0.717, 1.165) is 25.2 Å². The normalized spacial score (nSPS) is 19.0. The van der Waals surface area contributed by atoms with Crippen LogP contribution in [0.3, 0.4) is 0 Å². The molecule has 2 nitrogen and oxygen atoms in total. The van der Waals surface area contributed by atoms with Gasteiger partial charge in [-0.1, -0.05) is 33.1 Å². The predicted octanol–water partition coefficient (Wildman–Crippen LogP) is 3.94. The SMILES string of the molecule is CC(C)CCCCOC(=O)C1(C)CCCC1. The number of esters is 1. The van der Waals surface area contributed by atoms with Crippen molar-refractivity contribution in [3.05, 3.63) is 0 Å². The zero-order chi connectivity index (χ0) is 12.0. The Hall–Kier alpha value is -0.530. The van der Waals surface area contributed by atoms with Crippen LogP contribution in [0.5, 0.6) is 0 Å². The van der Waals surface area contributed by atoms with Crippen molar-refractivity contribution in [2.24, 2.45) is 11.3 Å². The Kier molecular flexibility index (Phi) is 5.30. The lowest BCUT2D eigenvalue weighted by atomic mass is 9.89. The maximum absolute atomic E-state index is 11.8. The second-order valence-electron chi connectivity index (χ2n) is 5.79. The van der Waals surface area contributed by atoms with Gasteiger partial charge in [-0.15, -0.1) is 0 Å². The largest absolute Gasteiger partial charge is 0.465 e. The molecule has 0 radical (unpaired) electrons. The third-order valence-electron chi connectivity index (χ3n) is 3.61. The molecule has 0 aromatic rings. The van der Waals surface area contributed by atoms with E-state index in [0.29, 0.717) is 6.61 Å². The molecule has 94 valence electrons. The van der Waals surface area contributed by atoms with Crippen LogP contribution in [0.4, 0.5) is 0 Å². The van der Waals surface area contributed by atoms with Crippen LogP contribution in [0.25, 0.3) is 0 Å².